The van der Waals surface area contributed by atoms with Gasteiger partial charge in [0, 0.05) is 51.1 Å². The van der Waals surface area contributed by atoms with E-state index in [1.165, 1.54) is 5.56 Å². The molecule has 30 heavy (non-hydrogen) atoms. The molecule has 4 heterocycles. The second kappa shape index (κ2) is 8.27. The Labute approximate surface area is 177 Å². The van der Waals surface area contributed by atoms with E-state index in [0.717, 1.165) is 45.6 Å². The number of benzene rings is 1. The maximum absolute atomic E-state index is 12.5. The number of nitrogens with zero attached hydrogens (tertiary/aromatic N) is 3. The summed E-state index contributed by atoms with van der Waals surface area (Å²) in [4.78, 5) is 17.1. The molecule has 4 fully saturated rings. The molecule has 1 amide bonds. The molecule has 1 aromatic carbocycles. The number of morpholine rings is 1. The van der Waals surface area contributed by atoms with E-state index in [2.05, 4.69) is 27.3 Å². The number of hydrogen-bond acceptors (Lipinski definition) is 6. The Bertz CT molecular complexity index is 834. The highest BCUT2D eigenvalue weighted by molar-refractivity contribution is 5.78. The lowest BCUT2D eigenvalue weighted by molar-refractivity contribution is -0.123. The van der Waals surface area contributed by atoms with Gasteiger partial charge in [0.15, 0.2) is 0 Å². The Morgan fingerprint density at radius 1 is 1.30 bits per heavy atom. The van der Waals surface area contributed by atoms with Crippen LogP contribution in [0.15, 0.2) is 24.3 Å². The van der Waals surface area contributed by atoms with Crippen LogP contribution in [0.25, 0.3) is 0 Å². The van der Waals surface area contributed by atoms with Gasteiger partial charge in [-0.3, -0.25) is 14.6 Å². The van der Waals surface area contributed by atoms with Gasteiger partial charge in [-0.1, -0.05) is 12.1 Å². The third-order valence-corrected chi connectivity index (χ3v) is 7.32. The van der Waals surface area contributed by atoms with Crippen LogP contribution in [0.3, 0.4) is 0 Å². The van der Waals surface area contributed by atoms with Gasteiger partial charge in [0.1, 0.15) is 0 Å². The van der Waals surface area contributed by atoms with E-state index in [-0.39, 0.29) is 17.6 Å². The Balaban J connectivity index is 1.18. The average molecular weight is 411 g/mol. The molecule has 0 unspecified atom stereocenters. The molecule has 5 rings (SSSR count). The third-order valence-electron chi connectivity index (χ3n) is 7.32. The largest absolute Gasteiger partial charge is 0.379 e. The van der Waals surface area contributed by atoms with Crippen LogP contribution in [-0.4, -0.2) is 79.9 Å². The molecule has 1 aromatic rings. The van der Waals surface area contributed by atoms with Crippen molar-refractivity contribution in [2.24, 2.45) is 11.8 Å². The van der Waals surface area contributed by atoms with Gasteiger partial charge in [-0.2, -0.15) is 5.26 Å². The molecule has 0 radical (unpaired) electrons. The van der Waals surface area contributed by atoms with E-state index in [9.17, 15) is 4.79 Å². The van der Waals surface area contributed by atoms with Gasteiger partial charge in [0.25, 0.3) is 0 Å². The van der Waals surface area contributed by atoms with Gasteiger partial charge >= 0.3 is 0 Å². The second-order valence-corrected chi connectivity index (χ2v) is 9.20. The van der Waals surface area contributed by atoms with Crippen molar-refractivity contribution in [3.8, 4) is 6.07 Å². The number of likely N-dealkylation sites (tertiary alicyclic amines) is 1. The molecule has 0 aliphatic carbocycles. The summed E-state index contributed by atoms with van der Waals surface area (Å²) >= 11 is 0. The van der Waals surface area contributed by atoms with Crippen molar-refractivity contribution in [3.63, 3.8) is 0 Å². The zero-order valence-corrected chi connectivity index (χ0v) is 17.4. The molecule has 7 nitrogen and oxygen atoms in total. The number of nitriles is 1. The second-order valence-electron chi connectivity index (χ2n) is 9.20. The predicted octanol–water partition coefficient (Wildman–Crippen LogP) is 0.986. The minimum absolute atomic E-state index is 0.0445. The van der Waals surface area contributed by atoms with Gasteiger partial charge < -0.3 is 14.8 Å². The Morgan fingerprint density at radius 3 is 3.00 bits per heavy atom. The number of rotatable bonds is 6. The van der Waals surface area contributed by atoms with Gasteiger partial charge in [-0.05, 0) is 30.5 Å². The Morgan fingerprint density at radius 2 is 2.17 bits per heavy atom. The van der Waals surface area contributed by atoms with Crippen LogP contribution in [0.5, 0.6) is 0 Å². The molecular formula is C23H30N4O3. The minimum atomic E-state index is -0.0445. The quantitative estimate of drug-likeness (QED) is 0.754. The number of hydrogen-bond donors (Lipinski definition) is 1. The molecule has 0 aromatic heterocycles. The summed E-state index contributed by atoms with van der Waals surface area (Å²) in [5.41, 5.74) is 1.84. The highest BCUT2D eigenvalue weighted by Gasteiger charge is 2.62. The van der Waals surface area contributed by atoms with E-state index in [4.69, 9.17) is 14.7 Å². The standard InChI is InChI=1S/C23H30N4O3/c24-11-17-2-1-3-18(10-17)13-27-14-20-19(21-4-5-23(20,16-27)30-21)12-25-22(28)15-26-6-8-29-9-7-26/h1-3,10,19-21H,4-9,12-16H2,(H,25,28)/t19-,20+,21+,23+/m0/s1. The number of ether oxygens (including phenoxy) is 2. The van der Waals surface area contributed by atoms with E-state index in [1.54, 1.807) is 0 Å². The van der Waals surface area contributed by atoms with Gasteiger partial charge in [-0.25, -0.2) is 0 Å². The molecule has 1 spiro atoms. The van der Waals surface area contributed by atoms with Gasteiger partial charge in [0.05, 0.1) is 43.1 Å². The van der Waals surface area contributed by atoms with Crippen LogP contribution >= 0.6 is 0 Å². The molecule has 7 heteroatoms. The average Bonchev–Trinajstić information content (AvgIpc) is 3.41. The summed E-state index contributed by atoms with van der Waals surface area (Å²) in [7, 11) is 0. The summed E-state index contributed by atoms with van der Waals surface area (Å²) in [5, 5.41) is 12.3. The number of carbonyl (C=O) groups is 1. The van der Waals surface area contributed by atoms with Gasteiger partial charge in [-0.15, -0.1) is 0 Å². The highest BCUT2D eigenvalue weighted by atomic mass is 16.5. The lowest BCUT2D eigenvalue weighted by Gasteiger charge is -2.30. The van der Waals surface area contributed by atoms with Crippen molar-refractivity contribution in [1.29, 1.82) is 5.26 Å². The highest BCUT2D eigenvalue weighted by Crippen LogP contribution is 2.54. The molecule has 4 aliphatic heterocycles. The molecule has 160 valence electrons. The van der Waals surface area contributed by atoms with Crippen LogP contribution < -0.4 is 5.32 Å². The Hall–Kier alpha value is -1.98. The number of nitrogens with one attached hydrogen (secondary N) is 1. The van der Waals surface area contributed by atoms with E-state index in [1.807, 2.05) is 18.2 Å². The first-order valence-electron chi connectivity index (χ1n) is 11.1. The lowest BCUT2D eigenvalue weighted by atomic mass is 9.73. The normalized spacial score (nSPS) is 33.4. The monoisotopic (exact) mass is 410 g/mol. The van der Waals surface area contributed by atoms with Crippen molar-refractivity contribution in [1.82, 2.24) is 15.1 Å². The maximum atomic E-state index is 12.5. The smallest absolute Gasteiger partial charge is 0.234 e. The number of amides is 1. The third kappa shape index (κ3) is 3.85. The Kier molecular flexibility index (Phi) is 5.50. The van der Waals surface area contributed by atoms with Crippen molar-refractivity contribution in [2.45, 2.75) is 31.1 Å². The first-order valence-corrected chi connectivity index (χ1v) is 11.1. The van der Waals surface area contributed by atoms with Crippen molar-refractivity contribution >= 4 is 5.91 Å². The number of fused-ring (bicyclic) bond motifs is 1. The van der Waals surface area contributed by atoms with E-state index >= 15 is 0 Å². The minimum Gasteiger partial charge on any atom is -0.379 e. The van der Waals surface area contributed by atoms with Gasteiger partial charge in [0.2, 0.25) is 5.91 Å². The fourth-order valence-electron chi connectivity index (χ4n) is 5.93. The molecule has 2 bridgehead atoms. The molecule has 1 N–H and O–H groups in total. The summed E-state index contributed by atoms with van der Waals surface area (Å²) in [6.45, 7) is 7.04. The topological polar surface area (TPSA) is 77.8 Å². The van der Waals surface area contributed by atoms with Crippen molar-refractivity contribution in [3.05, 3.63) is 35.4 Å². The van der Waals surface area contributed by atoms with E-state index < -0.39 is 0 Å². The van der Waals surface area contributed by atoms with Crippen molar-refractivity contribution in [2.75, 3.05) is 52.5 Å². The first kappa shape index (κ1) is 20.0. The SMILES string of the molecule is N#Cc1cccc(CN2C[C@@H]3[C@H](CNC(=O)CN4CCOCC4)[C@H]4CC[C@]3(C2)O4)c1. The van der Waals surface area contributed by atoms with Crippen LogP contribution in [0, 0.1) is 23.2 Å². The molecule has 0 saturated carbocycles. The number of carbonyl (C=O) groups excluding carboxylic acids is 1. The van der Waals surface area contributed by atoms with Crippen LogP contribution in [-0.2, 0) is 20.8 Å². The van der Waals surface area contributed by atoms with Crippen LogP contribution in [0.4, 0.5) is 0 Å². The summed E-state index contributed by atoms with van der Waals surface area (Å²) in [5.74, 6) is 0.971. The maximum Gasteiger partial charge on any atom is 0.234 e. The molecule has 4 saturated heterocycles. The fourth-order valence-corrected chi connectivity index (χ4v) is 5.93. The van der Waals surface area contributed by atoms with Crippen molar-refractivity contribution < 1.29 is 14.3 Å². The summed E-state index contributed by atoms with van der Waals surface area (Å²) < 4.78 is 11.9. The van der Waals surface area contributed by atoms with Crippen LogP contribution in [0.2, 0.25) is 0 Å². The zero-order valence-electron chi connectivity index (χ0n) is 17.4. The molecule has 4 atom stereocenters. The first-order chi connectivity index (χ1) is 14.6. The summed E-state index contributed by atoms with van der Waals surface area (Å²) in [6, 6.07) is 10.1. The molecular weight excluding hydrogens is 380 g/mol. The fraction of sp³-hybridized carbons (Fsp3) is 0.652. The molecule has 4 aliphatic rings. The lowest BCUT2D eigenvalue weighted by Crippen LogP contribution is -2.46. The van der Waals surface area contributed by atoms with Crippen LogP contribution in [0.1, 0.15) is 24.0 Å². The van der Waals surface area contributed by atoms with E-state index in [0.29, 0.717) is 43.7 Å². The predicted molar refractivity (Wildman–Crippen MR) is 111 cm³/mol. The summed E-state index contributed by atoms with van der Waals surface area (Å²) in [6.07, 6.45) is 2.50. The zero-order chi connectivity index (χ0) is 20.6.